The van der Waals surface area contributed by atoms with Crippen LogP contribution in [0.4, 0.5) is 5.69 Å². The maximum Gasteiger partial charge on any atom is 0.0957 e. The van der Waals surface area contributed by atoms with Crippen molar-refractivity contribution in [2.75, 3.05) is 25.1 Å². The van der Waals surface area contributed by atoms with Gasteiger partial charge in [0.2, 0.25) is 0 Å². The number of anilines is 1. The molecule has 0 amide bonds. The standard InChI is InChI=1S/C11H18N2O2/c1-3-11(15)10-5-4-9(8-12-10)13(2)6-7-14/h4-5,8,11,14-15H,3,6-7H2,1-2H3. The fourth-order valence-corrected chi connectivity index (χ4v) is 1.31. The first-order chi connectivity index (χ1) is 7.19. The minimum atomic E-state index is -0.484. The zero-order chi connectivity index (χ0) is 11.3. The Bertz CT molecular complexity index is 287. The summed E-state index contributed by atoms with van der Waals surface area (Å²) in [6.07, 6.45) is 1.89. The minimum absolute atomic E-state index is 0.121. The maximum atomic E-state index is 9.55. The first-order valence-electron chi connectivity index (χ1n) is 5.15. The van der Waals surface area contributed by atoms with Crippen LogP contribution in [0.15, 0.2) is 18.3 Å². The van der Waals surface area contributed by atoms with E-state index in [4.69, 9.17) is 5.11 Å². The van der Waals surface area contributed by atoms with E-state index in [1.165, 1.54) is 0 Å². The molecule has 0 aromatic carbocycles. The van der Waals surface area contributed by atoms with Gasteiger partial charge in [0.15, 0.2) is 0 Å². The molecule has 1 atom stereocenters. The largest absolute Gasteiger partial charge is 0.395 e. The lowest BCUT2D eigenvalue weighted by molar-refractivity contribution is 0.169. The summed E-state index contributed by atoms with van der Waals surface area (Å²) in [5.74, 6) is 0. The van der Waals surface area contributed by atoms with Gasteiger partial charge in [0.1, 0.15) is 0 Å². The summed E-state index contributed by atoms with van der Waals surface area (Å²) in [4.78, 5) is 6.09. The van der Waals surface area contributed by atoms with Crippen molar-refractivity contribution in [1.29, 1.82) is 0 Å². The lowest BCUT2D eigenvalue weighted by Crippen LogP contribution is -2.21. The summed E-state index contributed by atoms with van der Waals surface area (Å²) in [6, 6.07) is 3.72. The van der Waals surface area contributed by atoms with Gasteiger partial charge in [0, 0.05) is 13.6 Å². The van der Waals surface area contributed by atoms with Crippen LogP contribution in [0.25, 0.3) is 0 Å². The smallest absolute Gasteiger partial charge is 0.0957 e. The van der Waals surface area contributed by atoms with Gasteiger partial charge in [0.25, 0.3) is 0 Å². The summed E-state index contributed by atoms with van der Waals surface area (Å²) in [5.41, 5.74) is 1.63. The Morgan fingerprint density at radius 2 is 2.20 bits per heavy atom. The molecule has 4 heteroatoms. The molecule has 0 saturated heterocycles. The first kappa shape index (κ1) is 11.9. The Morgan fingerprint density at radius 3 is 2.67 bits per heavy atom. The SMILES string of the molecule is CCC(O)c1ccc(N(C)CCO)cn1. The first-order valence-corrected chi connectivity index (χ1v) is 5.15. The number of aromatic nitrogens is 1. The third-order valence-electron chi connectivity index (χ3n) is 2.38. The lowest BCUT2D eigenvalue weighted by Gasteiger charge is -2.18. The number of nitrogens with zero attached hydrogens (tertiary/aromatic N) is 2. The van der Waals surface area contributed by atoms with E-state index < -0.39 is 6.10 Å². The Labute approximate surface area is 90.2 Å². The van der Waals surface area contributed by atoms with Crippen molar-refractivity contribution >= 4 is 5.69 Å². The molecule has 2 N–H and O–H groups in total. The predicted octanol–water partition coefficient (Wildman–Crippen LogP) is 0.954. The molecule has 84 valence electrons. The quantitative estimate of drug-likeness (QED) is 0.760. The second kappa shape index (κ2) is 5.68. The molecule has 0 fully saturated rings. The highest BCUT2D eigenvalue weighted by Gasteiger charge is 2.06. The van der Waals surface area contributed by atoms with E-state index in [0.29, 0.717) is 18.7 Å². The maximum absolute atomic E-state index is 9.55. The number of aliphatic hydroxyl groups excluding tert-OH is 2. The van der Waals surface area contributed by atoms with E-state index in [0.717, 1.165) is 5.69 Å². The molecular weight excluding hydrogens is 192 g/mol. The van der Waals surface area contributed by atoms with Gasteiger partial charge in [-0.2, -0.15) is 0 Å². The minimum Gasteiger partial charge on any atom is -0.395 e. The average molecular weight is 210 g/mol. The van der Waals surface area contributed by atoms with E-state index in [2.05, 4.69) is 4.98 Å². The molecule has 4 nitrogen and oxygen atoms in total. The van der Waals surface area contributed by atoms with Crippen molar-refractivity contribution in [2.45, 2.75) is 19.4 Å². The fraction of sp³-hybridized carbons (Fsp3) is 0.545. The van der Waals surface area contributed by atoms with Gasteiger partial charge in [-0.25, -0.2) is 0 Å². The number of pyridine rings is 1. The molecule has 0 aliphatic heterocycles. The Hall–Kier alpha value is -1.13. The molecule has 0 bridgehead atoms. The van der Waals surface area contributed by atoms with Crippen LogP contribution in [-0.2, 0) is 0 Å². The predicted molar refractivity (Wildman–Crippen MR) is 59.8 cm³/mol. The lowest BCUT2D eigenvalue weighted by atomic mass is 10.2. The molecular formula is C11H18N2O2. The van der Waals surface area contributed by atoms with Crippen LogP contribution >= 0.6 is 0 Å². The Kier molecular flexibility index (Phi) is 4.52. The van der Waals surface area contributed by atoms with Crippen molar-refractivity contribution in [2.24, 2.45) is 0 Å². The summed E-state index contributed by atoms with van der Waals surface area (Å²) >= 11 is 0. The van der Waals surface area contributed by atoms with Gasteiger partial charge in [-0.3, -0.25) is 4.98 Å². The molecule has 1 aromatic rings. The summed E-state index contributed by atoms with van der Waals surface area (Å²) in [6.45, 7) is 2.62. The van der Waals surface area contributed by atoms with Crippen LogP contribution in [0.5, 0.6) is 0 Å². The van der Waals surface area contributed by atoms with Crippen LogP contribution in [0.3, 0.4) is 0 Å². The molecule has 1 rings (SSSR count). The van der Waals surface area contributed by atoms with Crippen molar-refractivity contribution in [3.8, 4) is 0 Å². The molecule has 1 unspecified atom stereocenters. The topological polar surface area (TPSA) is 56.6 Å². The third kappa shape index (κ3) is 3.18. The summed E-state index contributed by atoms with van der Waals surface area (Å²) < 4.78 is 0. The number of hydrogen-bond donors (Lipinski definition) is 2. The Balaban J connectivity index is 2.71. The second-order valence-corrected chi connectivity index (χ2v) is 3.51. The highest BCUT2D eigenvalue weighted by molar-refractivity contribution is 5.43. The van der Waals surface area contributed by atoms with Gasteiger partial charge in [-0.15, -0.1) is 0 Å². The highest BCUT2D eigenvalue weighted by Crippen LogP contribution is 2.17. The van der Waals surface area contributed by atoms with Crippen molar-refractivity contribution in [3.63, 3.8) is 0 Å². The number of hydrogen-bond acceptors (Lipinski definition) is 4. The average Bonchev–Trinajstić information content (AvgIpc) is 2.28. The summed E-state index contributed by atoms with van der Waals surface area (Å²) in [5, 5.41) is 18.3. The molecule has 0 aliphatic rings. The van der Waals surface area contributed by atoms with Gasteiger partial charge in [-0.05, 0) is 18.6 Å². The highest BCUT2D eigenvalue weighted by atomic mass is 16.3. The zero-order valence-corrected chi connectivity index (χ0v) is 9.22. The van der Waals surface area contributed by atoms with Crippen LogP contribution in [0, 0.1) is 0 Å². The van der Waals surface area contributed by atoms with Crippen LogP contribution < -0.4 is 4.90 Å². The molecule has 1 heterocycles. The van der Waals surface area contributed by atoms with Crippen molar-refractivity contribution in [1.82, 2.24) is 4.98 Å². The number of aliphatic hydroxyl groups is 2. The van der Waals surface area contributed by atoms with E-state index in [1.807, 2.05) is 31.0 Å². The second-order valence-electron chi connectivity index (χ2n) is 3.51. The van der Waals surface area contributed by atoms with E-state index in [1.54, 1.807) is 6.20 Å². The van der Waals surface area contributed by atoms with Crippen molar-refractivity contribution < 1.29 is 10.2 Å². The van der Waals surface area contributed by atoms with Gasteiger partial charge in [-0.1, -0.05) is 6.92 Å². The fourth-order valence-electron chi connectivity index (χ4n) is 1.31. The van der Waals surface area contributed by atoms with Crippen LogP contribution in [0.2, 0.25) is 0 Å². The third-order valence-corrected chi connectivity index (χ3v) is 2.38. The van der Waals surface area contributed by atoms with E-state index >= 15 is 0 Å². The van der Waals surface area contributed by atoms with Crippen LogP contribution in [-0.4, -0.2) is 35.4 Å². The molecule has 0 saturated carbocycles. The molecule has 0 spiro atoms. The molecule has 0 aliphatic carbocycles. The van der Waals surface area contributed by atoms with Gasteiger partial charge >= 0.3 is 0 Å². The van der Waals surface area contributed by atoms with Crippen molar-refractivity contribution in [3.05, 3.63) is 24.0 Å². The molecule has 0 radical (unpaired) electrons. The van der Waals surface area contributed by atoms with Crippen LogP contribution in [0.1, 0.15) is 25.1 Å². The normalized spacial score (nSPS) is 12.5. The number of rotatable bonds is 5. The summed E-state index contributed by atoms with van der Waals surface area (Å²) in [7, 11) is 1.89. The molecule has 1 aromatic heterocycles. The van der Waals surface area contributed by atoms with Gasteiger partial charge in [0.05, 0.1) is 30.3 Å². The zero-order valence-electron chi connectivity index (χ0n) is 9.22. The Morgan fingerprint density at radius 1 is 1.47 bits per heavy atom. The number of likely N-dealkylation sites (N-methyl/N-ethyl adjacent to an activating group) is 1. The van der Waals surface area contributed by atoms with Gasteiger partial charge < -0.3 is 15.1 Å². The molecule has 15 heavy (non-hydrogen) atoms. The van der Waals surface area contributed by atoms with E-state index in [-0.39, 0.29) is 6.61 Å². The van der Waals surface area contributed by atoms with E-state index in [9.17, 15) is 5.11 Å². The monoisotopic (exact) mass is 210 g/mol.